The zero-order valence-electron chi connectivity index (χ0n) is 15.7. The number of thiophene rings is 1. The van der Waals surface area contributed by atoms with E-state index in [1.54, 1.807) is 18.4 Å². The largest absolute Gasteiger partial charge is 0.385 e. The van der Waals surface area contributed by atoms with Crippen LogP contribution in [0.5, 0.6) is 0 Å². The van der Waals surface area contributed by atoms with Crippen molar-refractivity contribution in [3.05, 3.63) is 51.4 Å². The van der Waals surface area contributed by atoms with Crippen molar-refractivity contribution >= 4 is 22.2 Å². The molecule has 0 unspecified atom stereocenters. The van der Waals surface area contributed by atoms with Crippen molar-refractivity contribution in [2.75, 3.05) is 25.6 Å². The molecule has 2 N–H and O–H groups in total. The van der Waals surface area contributed by atoms with Crippen molar-refractivity contribution in [2.45, 2.75) is 45.6 Å². The average molecular weight is 373 g/mol. The van der Waals surface area contributed by atoms with Crippen LogP contribution >= 0.6 is 11.3 Å². The summed E-state index contributed by atoms with van der Waals surface area (Å²) in [6, 6.07) is 8.53. The smallest absolute Gasteiger partial charge is 0.254 e. The summed E-state index contributed by atoms with van der Waals surface area (Å²) in [4.78, 5) is 14.2. The molecule has 0 spiro atoms. The maximum absolute atomic E-state index is 12.8. The number of ether oxygens (including phenoxy) is 1. The topological polar surface area (TPSA) is 50.4 Å². The zero-order valence-corrected chi connectivity index (χ0v) is 16.5. The van der Waals surface area contributed by atoms with Gasteiger partial charge in [0.15, 0.2) is 0 Å². The third-order valence-corrected chi connectivity index (χ3v) is 6.03. The predicted octanol–water partition coefficient (Wildman–Crippen LogP) is 4.31. The normalized spacial score (nSPS) is 13.3. The number of hydrogen-bond donors (Lipinski definition) is 2. The Bertz CT molecular complexity index is 737. The van der Waals surface area contributed by atoms with Crippen LogP contribution in [0, 0.1) is 6.92 Å². The first-order chi connectivity index (χ1) is 12.7. The van der Waals surface area contributed by atoms with E-state index < -0.39 is 0 Å². The number of benzene rings is 1. The van der Waals surface area contributed by atoms with E-state index in [0.717, 1.165) is 36.4 Å². The van der Waals surface area contributed by atoms with E-state index in [-0.39, 0.29) is 5.91 Å². The van der Waals surface area contributed by atoms with Crippen molar-refractivity contribution in [2.24, 2.45) is 0 Å². The zero-order chi connectivity index (χ0) is 18.4. The lowest BCUT2D eigenvalue weighted by Gasteiger charge is -2.13. The van der Waals surface area contributed by atoms with Crippen LogP contribution in [0.15, 0.2) is 24.3 Å². The van der Waals surface area contributed by atoms with Gasteiger partial charge in [0, 0.05) is 31.7 Å². The molecule has 4 nitrogen and oxygen atoms in total. The second-order valence-electron chi connectivity index (χ2n) is 6.86. The lowest BCUT2D eigenvalue weighted by atomic mass is 9.95. The number of anilines is 1. The van der Waals surface area contributed by atoms with Gasteiger partial charge in [-0.05, 0) is 50.2 Å². The highest BCUT2D eigenvalue weighted by Crippen LogP contribution is 2.38. The SMILES string of the molecule is COCCCNC(=O)c1c(NCc2ccc(C)cc2)sc2c1CCCC2. The van der Waals surface area contributed by atoms with Crippen LogP contribution in [0.4, 0.5) is 5.00 Å². The number of nitrogens with one attached hydrogen (secondary N) is 2. The highest BCUT2D eigenvalue weighted by molar-refractivity contribution is 7.16. The van der Waals surface area contributed by atoms with Crippen LogP contribution in [0.3, 0.4) is 0 Å². The maximum Gasteiger partial charge on any atom is 0.254 e. The van der Waals surface area contributed by atoms with Crippen molar-refractivity contribution in [3.8, 4) is 0 Å². The summed E-state index contributed by atoms with van der Waals surface area (Å²) in [5, 5.41) is 7.60. The van der Waals surface area contributed by atoms with Crippen molar-refractivity contribution in [3.63, 3.8) is 0 Å². The first-order valence-electron chi connectivity index (χ1n) is 9.40. The molecule has 1 aliphatic carbocycles. The minimum atomic E-state index is 0.0481. The molecule has 0 saturated heterocycles. The number of hydrogen-bond acceptors (Lipinski definition) is 4. The Hall–Kier alpha value is -1.85. The van der Waals surface area contributed by atoms with E-state index in [1.807, 2.05) is 0 Å². The standard InChI is InChI=1S/C21H28N2O2S/c1-15-8-10-16(11-9-15)14-23-21-19(20(24)22-12-5-13-25-2)17-6-3-4-7-18(17)26-21/h8-11,23H,3-7,12-14H2,1-2H3,(H,22,24). The minimum absolute atomic E-state index is 0.0481. The maximum atomic E-state index is 12.8. The first-order valence-corrected chi connectivity index (χ1v) is 10.2. The Kier molecular flexibility index (Phi) is 6.69. The Morgan fingerprint density at radius 2 is 1.96 bits per heavy atom. The van der Waals surface area contributed by atoms with Gasteiger partial charge in [0.25, 0.3) is 5.91 Å². The molecule has 1 aromatic carbocycles. The lowest BCUT2D eigenvalue weighted by Crippen LogP contribution is -2.26. The van der Waals surface area contributed by atoms with Crippen molar-refractivity contribution in [1.29, 1.82) is 0 Å². The Balaban J connectivity index is 1.74. The van der Waals surface area contributed by atoms with Crippen molar-refractivity contribution < 1.29 is 9.53 Å². The molecule has 0 atom stereocenters. The van der Waals surface area contributed by atoms with Crippen LogP contribution < -0.4 is 10.6 Å². The number of methoxy groups -OCH3 is 1. The summed E-state index contributed by atoms with van der Waals surface area (Å²) >= 11 is 1.76. The predicted molar refractivity (Wildman–Crippen MR) is 108 cm³/mol. The van der Waals surface area contributed by atoms with Crippen LogP contribution in [0.1, 0.15) is 51.2 Å². The van der Waals surface area contributed by atoms with Gasteiger partial charge in [-0.3, -0.25) is 4.79 Å². The Morgan fingerprint density at radius 1 is 1.19 bits per heavy atom. The fraction of sp³-hybridized carbons (Fsp3) is 0.476. The molecule has 0 aliphatic heterocycles. The molecule has 0 fully saturated rings. The summed E-state index contributed by atoms with van der Waals surface area (Å²) in [5.41, 5.74) is 4.62. The highest BCUT2D eigenvalue weighted by atomic mass is 32.1. The molecular weight excluding hydrogens is 344 g/mol. The second-order valence-corrected chi connectivity index (χ2v) is 7.96. The fourth-order valence-electron chi connectivity index (χ4n) is 3.33. The number of aryl methyl sites for hydroxylation is 2. The monoisotopic (exact) mass is 372 g/mol. The molecule has 0 radical (unpaired) electrons. The van der Waals surface area contributed by atoms with Gasteiger partial charge in [-0.1, -0.05) is 29.8 Å². The van der Waals surface area contributed by atoms with Gasteiger partial charge in [0.1, 0.15) is 5.00 Å². The summed E-state index contributed by atoms with van der Waals surface area (Å²) in [7, 11) is 1.68. The van der Waals surface area contributed by atoms with E-state index in [1.165, 1.54) is 34.4 Å². The lowest BCUT2D eigenvalue weighted by molar-refractivity contribution is 0.0948. The van der Waals surface area contributed by atoms with Crippen LogP contribution in [0.2, 0.25) is 0 Å². The van der Waals surface area contributed by atoms with Crippen molar-refractivity contribution in [1.82, 2.24) is 5.32 Å². The number of fused-ring (bicyclic) bond motifs is 1. The van der Waals surface area contributed by atoms with Gasteiger partial charge >= 0.3 is 0 Å². The summed E-state index contributed by atoms with van der Waals surface area (Å²) < 4.78 is 5.06. The number of carbonyl (C=O) groups is 1. The van der Waals surface area contributed by atoms with E-state index in [2.05, 4.69) is 41.8 Å². The Morgan fingerprint density at radius 3 is 2.73 bits per heavy atom. The van der Waals surface area contributed by atoms with Gasteiger partial charge in [-0.25, -0.2) is 0 Å². The van der Waals surface area contributed by atoms with Gasteiger partial charge in [-0.2, -0.15) is 0 Å². The molecule has 1 amide bonds. The molecule has 5 heteroatoms. The number of amides is 1. The average Bonchev–Trinajstić information content (AvgIpc) is 3.03. The molecule has 1 aliphatic rings. The second kappa shape index (κ2) is 9.19. The van der Waals surface area contributed by atoms with Crippen LogP contribution in [-0.2, 0) is 24.1 Å². The Labute approximate surface area is 160 Å². The molecule has 1 aromatic heterocycles. The third-order valence-electron chi connectivity index (χ3n) is 4.78. The summed E-state index contributed by atoms with van der Waals surface area (Å²) in [5.74, 6) is 0.0481. The summed E-state index contributed by atoms with van der Waals surface area (Å²) in [6.07, 6.45) is 5.33. The van der Waals surface area contributed by atoms with E-state index >= 15 is 0 Å². The van der Waals surface area contributed by atoms with E-state index in [4.69, 9.17) is 4.74 Å². The van der Waals surface area contributed by atoms with Gasteiger partial charge in [0.2, 0.25) is 0 Å². The third kappa shape index (κ3) is 4.65. The molecule has 3 rings (SSSR count). The minimum Gasteiger partial charge on any atom is -0.385 e. The first kappa shape index (κ1) is 18.9. The molecule has 1 heterocycles. The molecule has 0 bridgehead atoms. The molecule has 2 aromatic rings. The fourth-order valence-corrected chi connectivity index (χ4v) is 4.61. The van der Waals surface area contributed by atoms with Crippen LogP contribution in [-0.4, -0.2) is 26.2 Å². The quantitative estimate of drug-likeness (QED) is 0.679. The molecule has 26 heavy (non-hydrogen) atoms. The van der Waals surface area contributed by atoms with E-state index in [9.17, 15) is 4.79 Å². The summed E-state index contributed by atoms with van der Waals surface area (Å²) in [6.45, 7) is 4.15. The molecule has 140 valence electrons. The molecular formula is C21H28N2O2S. The van der Waals surface area contributed by atoms with Crippen LogP contribution in [0.25, 0.3) is 0 Å². The number of rotatable bonds is 8. The number of carbonyl (C=O) groups excluding carboxylic acids is 1. The van der Waals surface area contributed by atoms with Gasteiger partial charge in [-0.15, -0.1) is 11.3 Å². The van der Waals surface area contributed by atoms with E-state index in [0.29, 0.717) is 13.2 Å². The van der Waals surface area contributed by atoms with Gasteiger partial charge in [0.05, 0.1) is 5.56 Å². The molecule has 0 saturated carbocycles. The highest BCUT2D eigenvalue weighted by Gasteiger charge is 2.25. The van der Waals surface area contributed by atoms with Gasteiger partial charge < -0.3 is 15.4 Å².